The van der Waals surface area contributed by atoms with Crippen molar-refractivity contribution in [3.05, 3.63) is 12.2 Å². The maximum Gasteiger partial charge on any atom is 0.150 e. The second-order valence-electron chi connectivity index (χ2n) is 2.89. The Hall–Kier alpha value is -0.0200. The first-order valence-electron chi connectivity index (χ1n) is 4.53. The molecule has 4 heteroatoms. The van der Waals surface area contributed by atoms with Crippen LogP contribution in [0.5, 0.6) is 0 Å². The van der Waals surface area contributed by atoms with E-state index in [0.717, 1.165) is 6.42 Å². The number of hydrogen-bond acceptors (Lipinski definition) is 2. The zero-order valence-electron chi connectivity index (χ0n) is 8.00. The molecule has 0 fully saturated rings. The van der Waals surface area contributed by atoms with E-state index in [1.807, 2.05) is 19.1 Å². The Morgan fingerprint density at radius 1 is 1.15 bits per heavy atom. The van der Waals surface area contributed by atoms with Crippen molar-refractivity contribution in [2.45, 2.75) is 26.2 Å². The zero-order chi connectivity index (χ0) is 10.2. The van der Waals surface area contributed by atoms with Crippen molar-refractivity contribution >= 4 is 21.4 Å². The van der Waals surface area contributed by atoms with E-state index in [1.54, 1.807) is 0 Å². The largest absolute Gasteiger partial charge is 0.229 e. The molecule has 0 rings (SSSR count). The van der Waals surface area contributed by atoms with Crippen LogP contribution in [0.2, 0.25) is 0 Å². The number of allylic oxidation sites excluding steroid dienone is 2. The van der Waals surface area contributed by atoms with Crippen LogP contribution in [0, 0.1) is 0 Å². The molecule has 0 aliphatic rings. The van der Waals surface area contributed by atoms with Crippen molar-refractivity contribution in [1.29, 1.82) is 0 Å². The first-order chi connectivity index (χ1) is 6.12. The minimum atomic E-state index is -2.80. The van der Waals surface area contributed by atoms with Crippen LogP contribution in [0.3, 0.4) is 0 Å². The predicted octanol–water partition coefficient (Wildman–Crippen LogP) is 2.39. The molecule has 0 aromatic heterocycles. The molecule has 13 heavy (non-hydrogen) atoms. The van der Waals surface area contributed by atoms with Crippen molar-refractivity contribution in [1.82, 2.24) is 0 Å². The molecule has 0 aromatic carbocycles. The van der Waals surface area contributed by atoms with Gasteiger partial charge in [0.2, 0.25) is 0 Å². The number of alkyl halides is 1. The van der Waals surface area contributed by atoms with Gasteiger partial charge in [0.1, 0.15) is 0 Å². The van der Waals surface area contributed by atoms with Gasteiger partial charge in [0.15, 0.2) is 9.84 Å². The normalized spacial score (nSPS) is 12.5. The molecular weight excluding hydrogens is 208 g/mol. The fourth-order valence-corrected chi connectivity index (χ4v) is 2.41. The zero-order valence-corrected chi connectivity index (χ0v) is 9.57. The van der Waals surface area contributed by atoms with Gasteiger partial charge in [-0.2, -0.15) is 0 Å². The highest BCUT2D eigenvalue weighted by atomic mass is 35.5. The number of halogens is 1. The Labute approximate surface area is 85.9 Å². The molecule has 0 aliphatic carbocycles. The second kappa shape index (κ2) is 7.39. The summed E-state index contributed by atoms with van der Waals surface area (Å²) >= 11 is 5.45. The lowest BCUT2D eigenvalue weighted by Gasteiger charge is -1.98. The van der Waals surface area contributed by atoms with E-state index in [0.29, 0.717) is 24.5 Å². The fourth-order valence-electron chi connectivity index (χ4n) is 0.959. The number of hydrogen-bond donors (Lipinski definition) is 0. The quantitative estimate of drug-likeness (QED) is 0.492. The molecule has 0 radical (unpaired) electrons. The highest BCUT2D eigenvalue weighted by molar-refractivity contribution is 7.91. The van der Waals surface area contributed by atoms with Gasteiger partial charge in [0.05, 0.1) is 5.75 Å². The molecule has 0 bridgehead atoms. The van der Waals surface area contributed by atoms with Gasteiger partial charge >= 0.3 is 0 Å². The van der Waals surface area contributed by atoms with Crippen LogP contribution in [0.4, 0.5) is 0 Å². The highest BCUT2D eigenvalue weighted by Gasteiger charge is 2.06. The first kappa shape index (κ1) is 13.0. The third kappa shape index (κ3) is 8.31. The van der Waals surface area contributed by atoms with E-state index in [9.17, 15) is 8.42 Å². The molecule has 0 unspecified atom stereocenters. The lowest BCUT2D eigenvalue weighted by molar-refractivity contribution is 0.594. The van der Waals surface area contributed by atoms with Crippen molar-refractivity contribution in [3.8, 4) is 0 Å². The topological polar surface area (TPSA) is 34.1 Å². The highest BCUT2D eigenvalue weighted by Crippen LogP contribution is 1.98. The van der Waals surface area contributed by atoms with Crippen molar-refractivity contribution < 1.29 is 8.42 Å². The standard InChI is InChI=1S/C9H17ClO2S/c1-2-8-13(11,12)9-6-4-3-5-7-10/h3-4H,2,5-9H2,1H3/b4-3+. The SMILES string of the molecule is CCCS(=O)(=O)CC/C=C/CCCl. The van der Waals surface area contributed by atoms with E-state index < -0.39 is 9.84 Å². The summed E-state index contributed by atoms with van der Waals surface area (Å²) in [6.45, 7) is 1.88. The summed E-state index contributed by atoms with van der Waals surface area (Å²) in [6, 6.07) is 0. The lowest BCUT2D eigenvalue weighted by Crippen LogP contribution is -2.09. The smallest absolute Gasteiger partial charge is 0.150 e. The van der Waals surface area contributed by atoms with E-state index in [-0.39, 0.29) is 5.75 Å². The minimum Gasteiger partial charge on any atom is -0.229 e. The van der Waals surface area contributed by atoms with Crippen molar-refractivity contribution in [2.75, 3.05) is 17.4 Å². The van der Waals surface area contributed by atoms with E-state index in [1.165, 1.54) is 0 Å². The molecule has 0 aliphatic heterocycles. The van der Waals surface area contributed by atoms with Gasteiger partial charge in [-0.1, -0.05) is 19.1 Å². The molecule has 0 spiro atoms. The average Bonchev–Trinajstić information content (AvgIpc) is 2.04. The summed E-state index contributed by atoms with van der Waals surface area (Å²) in [6.07, 6.45) is 5.94. The molecule has 0 amide bonds. The van der Waals surface area contributed by atoms with Crippen LogP contribution in [0.15, 0.2) is 12.2 Å². The molecule has 0 heterocycles. The maximum absolute atomic E-state index is 11.2. The Morgan fingerprint density at radius 3 is 2.31 bits per heavy atom. The van der Waals surface area contributed by atoms with Gasteiger partial charge in [-0.3, -0.25) is 0 Å². The Morgan fingerprint density at radius 2 is 1.77 bits per heavy atom. The predicted molar refractivity (Wildman–Crippen MR) is 58.0 cm³/mol. The third-order valence-corrected chi connectivity index (χ3v) is 3.66. The Kier molecular flexibility index (Phi) is 7.38. The molecule has 78 valence electrons. The molecule has 0 saturated carbocycles. The summed E-state index contributed by atoms with van der Waals surface area (Å²) < 4.78 is 22.4. The summed E-state index contributed by atoms with van der Waals surface area (Å²) in [5.74, 6) is 1.16. The van der Waals surface area contributed by atoms with Crippen LogP contribution in [0.25, 0.3) is 0 Å². The summed E-state index contributed by atoms with van der Waals surface area (Å²) in [5, 5.41) is 0. The van der Waals surface area contributed by atoms with Gasteiger partial charge in [-0.15, -0.1) is 11.6 Å². The van der Waals surface area contributed by atoms with Gasteiger partial charge < -0.3 is 0 Å². The third-order valence-electron chi connectivity index (χ3n) is 1.55. The van der Waals surface area contributed by atoms with Gasteiger partial charge in [-0.05, 0) is 19.3 Å². The van der Waals surface area contributed by atoms with Crippen molar-refractivity contribution in [3.63, 3.8) is 0 Å². The van der Waals surface area contributed by atoms with Crippen molar-refractivity contribution in [2.24, 2.45) is 0 Å². The lowest BCUT2D eigenvalue weighted by atomic mass is 10.3. The van der Waals surface area contributed by atoms with Crippen LogP contribution in [-0.4, -0.2) is 25.8 Å². The van der Waals surface area contributed by atoms with E-state index in [4.69, 9.17) is 11.6 Å². The molecule has 0 saturated heterocycles. The fraction of sp³-hybridized carbons (Fsp3) is 0.778. The van der Waals surface area contributed by atoms with Gasteiger partial charge in [0, 0.05) is 11.6 Å². The summed E-state index contributed by atoms with van der Waals surface area (Å²) in [7, 11) is -2.80. The summed E-state index contributed by atoms with van der Waals surface area (Å²) in [4.78, 5) is 0. The van der Waals surface area contributed by atoms with Gasteiger partial charge in [0.25, 0.3) is 0 Å². The average molecular weight is 225 g/mol. The molecule has 0 aromatic rings. The Bertz CT molecular complexity index is 232. The van der Waals surface area contributed by atoms with Crippen LogP contribution in [-0.2, 0) is 9.84 Å². The molecular formula is C9H17ClO2S. The molecule has 0 atom stereocenters. The number of rotatable bonds is 7. The van der Waals surface area contributed by atoms with Crippen LogP contribution in [0.1, 0.15) is 26.2 Å². The monoisotopic (exact) mass is 224 g/mol. The maximum atomic E-state index is 11.2. The minimum absolute atomic E-state index is 0.264. The van der Waals surface area contributed by atoms with Gasteiger partial charge in [-0.25, -0.2) is 8.42 Å². The second-order valence-corrected chi connectivity index (χ2v) is 5.57. The molecule has 2 nitrogen and oxygen atoms in total. The van der Waals surface area contributed by atoms with Crippen LogP contribution < -0.4 is 0 Å². The molecule has 0 N–H and O–H groups in total. The first-order valence-corrected chi connectivity index (χ1v) is 6.89. The van der Waals surface area contributed by atoms with E-state index in [2.05, 4.69) is 0 Å². The Balaban J connectivity index is 3.63. The van der Waals surface area contributed by atoms with E-state index >= 15 is 0 Å². The number of sulfone groups is 1. The summed E-state index contributed by atoms with van der Waals surface area (Å²) in [5.41, 5.74) is 0. The van der Waals surface area contributed by atoms with Crippen LogP contribution >= 0.6 is 11.6 Å².